The Morgan fingerprint density at radius 1 is 1.27 bits per heavy atom. The molecule has 4 nitrogen and oxygen atoms in total. The van der Waals surface area contributed by atoms with E-state index in [1.807, 2.05) is 0 Å². The average molecular weight is 228 g/mol. The summed E-state index contributed by atoms with van der Waals surface area (Å²) in [6, 6.07) is 0. The fraction of sp³-hybridized carbons (Fsp3) is 0.800. The molecule has 1 heterocycles. The van der Waals surface area contributed by atoms with Crippen molar-refractivity contribution in [3.8, 4) is 0 Å². The molecule has 5 heteroatoms. The molecule has 1 aromatic heterocycles. The Balaban J connectivity index is 2.28. The van der Waals surface area contributed by atoms with Gasteiger partial charge < -0.3 is 10.6 Å². The zero-order chi connectivity index (χ0) is 11.1. The van der Waals surface area contributed by atoms with Crippen LogP contribution in [0.2, 0.25) is 0 Å². The van der Waals surface area contributed by atoms with Crippen LogP contribution in [0.5, 0.6) is 0 Å². The van der Waals surface area contributed by atoms with Crippen LogP contribution in [0, 0.1) is 0 Å². The predicted octanol–water partition coefficient (Wildman–Crippen LogP) is 1.36. The normalized spacial score (nSPS) is 11.2. The number of nitrogens with one attached hydrogen (secondary N) is 2. The molecule has 1 aromatic rings. The fourth-order valence-corrected chi connectivity index (χ4v) is 2.10. The summed E-state index contributed by atoms with van der Waals surface area (Å²) in [7, 11) is 0. The van der Waals surface area contributed by atoms with E-state index in [9.17, 15) is 0 Å². The lowest BCUT2D eigenvalue weighted by Crippen LogP contribution is -2.26. The third-order valence-corrected chi connectivity index (χ3v) is 2.88. The maximum atomic E-state index is 4.14. The number of rotatable bonds is 7. The zero-order valence-electron chi connectivity index (χ0n) is 9.71. The molecule has 0 saturated heterocycles. The summed E-state index contributed by atoms with van der Waals surface area (Å²) >= 11 is 1.50. The summed E-state index contributed by atoms with van der Waals surface area (Å²) in [5.74, 6) is 0.467. The molecule has 0 aliphatic rings. The minimum absolute atomic E-state index is 0.467. The molecule has 0 atom stereocenters. The second kappa shape index (κ2) is 6.87. The van der Waals surface area contributed by atoms with Gasteiger partial charge in [-0.05, 0) is 24.0 Å². The summed E-state index contributed by atoms with van der Waals surface area (Å²) < 4.78 is 3.99. The lowest BCUT2D eigenvalue weighted by Gasteiger charge is -2.06. The molecule has 0 aliphatic heterocycles. The van der Waals surface area contributed by atoms with Gasteiger partial charge in [0.1, 0.15) is 0 Å². The standard InChI is InChI=1S/C10H20N4S/c1-4-11-5-6-12-7-9-10(8(2)3)13-14-15-9/h8,11-12H,4-7H2,1-3H3. The monoisotopic (exact) mass is 228 g/mol. The van der Waals surface area contributed by atoms with E-state index >= 15 is 0 Å². The van der Waals surface area contributed by atoms with Crippen LogP contribution in [-0.4, -0.2) is 29.2 Å². The molecule has 0 bridgehead atoms. The molecule has 0 saturated carbocycles. The van der Waals surface area contributed by atoms with Crippen molar-refractivity contribution in [1.82, 2.24) is 20.2 Å². The highest BCUT2D eigenvalue weighted by molar-refractivity contribution is 7.05. The van der Waals surface area contributed by atoms with Crippen LogP contribution in [-0.2, 0) is 6.54 Å². The van der Waals surface area contributed by atoms with Gasteiger partial charge >= 0.3 is 0 Å². The van der Waals surface area contributed by atoms with E-state index in [4.69, 9.17) is 0 Å². The molecule has 0 amide bonds. The molecule has 0 radical (unpaired) electrons. The van der Waals surface area contributed by atoms with E-state index in [0.717, 1.165) is 31.9 Å². The quantitative estimate of drug-likeness (QED) is 0.692. The van der Waals surface area contributed by atoms with E-state index in [2.05, 4.69) is 41.0 Å². The molecule has 15 heavy (non-hydrogen) atoms. The van der Waals surface area contributed by atoms with Crippen molar-refractivity contribution < 1.29 is 0 Å². The van der Waals surface area contributed by atoms with Crippen LogP contribution < -0.4 is 10.6 Å². The molecular weight excluding hydrogens is 208 g/mol. The van der Waals surface area contributed by atoms with Gasteiger partial charge in [-0.15, -0.1) is 5.10 Å². The first kappa shape index (κ1) is 12.5. The second-order valence-corrected chi connectivity index (χ2v) is 4.61. The fourth-order valence-electron chi connectivity index (χ4n) is 1.33. The van der Waals surface area contributed by atoms with Gasteiger partial charge in [0.25, 0.3) is 0 Å². The molecule has 0 spiro atoms. The number of hydrogen-bond acceptors (Lipinski definition) is 5. The maximum absolute atomic E-state index is 4.14. The maximum Gasteiger partial charge on any atom is 0.0826 e. The van der Waals surface area contributed by atoms with E-state index in [0.29, 0.717) is 5.92 Å². The predicted molar refractivity (Wildman–Crippen MR) is 64.2 cm³/mol. The summed E-state index contributed by atoms with van der Waals surface area (Å²) in [6.45, 7) is 10.3. The van der Waals surface area contributed by atoms with Crippen molar-refractivity contribution >= 4 is 11.5 Å². The van der Waals surface area contributed by atoms with Gasteiger partial charge in [0.15, 0.2) is 0 Å². The minimum Gasteiger partial charge on any atom is -0.316 e. The Bertz CT molecular complexity index is 272. The number of likely N-dealkylation sites (N-methyl/N-ethyl adjacent to an activating group) is 1. The first-order chi connectivity index (χ1) is 7.25. The molecule has 2 N–H and O–H groups in total. The highest BCUT2D eigenvalue weighted by atomic mass is 32.1. The van der Waals surface area contributed by atoms with Crippen molar-refractivity contribution in [2.75, 3.05) is 19.6 Å². The molecule has 0 aliphatic carbocycles. The van der Waals surface area contributed by atoms with Crippen molar-refractivity contribution in [3.05, 3.63) is 10.6 Å². The number of hydrogen-bond donors (Lipinski definition) is 2. The SMILES string of the molecule is CCNCCNCc1snnc1C(C)C. The van der Waals surface area contributed by atoms with Crippen LogP contribution in [0.15, 0.2) is 0 Å². The summed E-state index contributed by atoms with van der Waals surface area (Å²) in [5.41, 5.74) is 1.14. The molecular formula is C10H20N4S. The Kier molecular flexibility index (Phi) is 5.75. The van der Waals surface area contributed by atoms with Crippen LogP contribution in [0.25, 0.3) is 0 Å². The summed E-state index contributed by atoms with van der Waals surface area (Å²) in [5, 5.41) is 10.8. The van der Waals surface area contributed by atoms with Gasteiger partial charge in [-0.25, -0.2) is 0 Å². The first-order valence-electron chi connectivity index (χ1n) is 5.48. The topological polar surface area (TPSA) is 49.8 Å². The molecule has 1 rings (SSSR count). The van der Waals surface area contributed by atoms with Crippen molar-refractivity contribution in [1.29, 1.82) is 0 Å². The van der Waals surface area contributed by atoms with Crippen LogP contribution >= 0.6 is 11.5 Å². The van der Waals surface area contributed by atoms with Crippen LogP contribution in [0.3, 0.4) is 0 Å². The van der Waals surface area contributed by atoms with Gasteiger partial charge in [-0.2, -0.15) is 0 Å². The van der Waals surface area contributed by atoms with E-state index in [1.165, 1.54) is 16.4 Å². The molecule has 86 valence electrons. The Labute approximate surface area is 95.6 Å². The van der Waals surface area contributed by atoms with Crippen molar-refractivity contribution in [2.45, 2.75) is 33.2 Å². The smallest absolute Gasteiger partial charge is 0.0826 e. The van der Waals surface area contributed by atoms with E-state index in [1.54, 1.807) is 0 Å². The molecule has 0 aromatic carbocycles. The van der Waals surface area contributed by atoms with Gasteiger partial charge in [0.2, 0.25) is 0 Å². The zero-order valence-corrected chi connectivity index (χ0v) is 10.5. The van der Waals surface area contributed by atoms with E-state index < -0.39 is 0 Å². The Hall–Kier alpha value is -0.520. The molecule has 0 unspecified atom stereocenters. The summed E-state index contributed by atoms with van der Waals surface area (Å²) in [4.78, 5) is 1.27. The van der Waals surface area contributed by atoms with Crippen LogP contribution in [0.1, 0.15) is 37.3 Å². The largest absolute Gasteiger partial charge is 0.316 e. The Morgan fingerprint density at radius 3 is 2.67 bits per heavy atom. The lowest BCUT2D eigenvalue weighted by atomic mass is 10.1. The van der Waals surface area contributed by atoms with Crippen molar-refractivity contribution in [3.63, 3.8) is 0 Å². The second-order valence-electron chi connectivity index (χ2n) is 3.77. The van der Waals surface area contributed by atoms with Crippen LogP contribution in [0.4, 0.5) is 0 Å². The van der Waals surface area contributed by atoms with Gasteiger partial charge in [0, 0.05) is 19.6 Å². The highest BCUT2D eigenvalue weighted by Gasteiger charge is 2.10. The van der Waals surface area contributed by atoms with Crippen molar-refractivity contribution in [2.24, 2.45) is 0 Å². The Morgan fingerprint density at radius 2 is 2.00 bits per heavy atom. The first-order valence-corrected chi connectivity index (χ1v) is 6.25. The number of aromatic nitrogens is 2. The van der Waals surface area contributed by atoms with Gasteiger partial charge in [-0.3, -0.25) is 0 Å². The molecule has 0 fully saturated rings. The average Bonchev–Trinajstić information content (AvgIpc) is 2.66. The van der Waals surface area contributed by atoms with Gasteiger partial charge in [-0.1, -0.05) is 25.3 Å². The van der Waals surface area contributed by atoms with Gasteiger partial charge in [0.05, 0.1) is 10.6 Å². The number of nitrogens with zero attached hydrogens (tertiary/aromatic N) is 2. The third-order valence-electron chi connectivity index (χ3n) is 2.15. The highest BCUT2D eigenvalue weighted by Crippen LogP contribution is 2.18. The minimum atomic E-state index is 0.467. The summed E-state index contributed by atoms with van der Waals surface area (Å²) in [6.07, 6.45) is 0. The van der Waals surface area contributed by atoms with E-state index in [-0.39, 0.29) is 0 Å². The third kappa shape index (κ3) is 4.24. The lowest BCUT2D eigenvalue weighted by molar-refractivity contribution is 0.623.